The van der Waals surface area contributed by atoms with Gasteiger partial charge in [0.05, 0.1) is 6.04 Å². The number of anilines is 1. The molecule has 1 unspecified atom stereocenters. The Labute approximate surface area is 76.4 Å². The maximum absolute atomic E-state index is 11.1. The zero-order chi connectivity index (χ0) is 9.42. The van der Waals surface area contributed by atoms with Crippen LogP contribution in [0, 0.1) is 0 Å². The number of fused-ring (bicyclic) bond motifs is 1. The standard InChI is InChI=1S/C10H11NO2/c1-6(12)10-5-7-4-8(13)2-3-9(7)11-10/h2-4,10-11,13H,5H2,1H3. The van der Waals surface area contributed by atoms with Crippen molar-refractivity contribution in [3.05, 3.63) is 23.8 Å². The van der Waals surface area contributed by atoms with Gasteiger partial charge in [0.15, 0.2) is 5.78 Å². The van der Waals surface area contributed by atoms with E-state index in [-0.39, 0.29) is 17.6 Å². The molecule has 1 aliphatic heterocycles. The van der Waals surface area contributed by atoms with E-state index in [1.807, 2.05) is 0 Å². The molecule has 0 saturated carbocycles. The first-order valence-electron chi connectivity index (χ1n) is 4.25. The minimum absolute atomic E-state index is 0.114. The van der Waals surface area contributed by atoms with Crippen LogP contribution in [0.1, 0.15) is 12.5 Å². The van der Waals surface area contributed by atoms with E-state index >= 15 is 0 Å². The minimum Gasteiger partial charge on any atom is -0.508 e. The lowest BCUT2D eigenvalue weighted by Gasteiger charge is -2.04. The summed E-state index contributed by atoms with van der Waals surface area (Å²) in [5.74, 6) is 0.389. The SMILES string of the molecule is CC(=O)C1Cc2cc(O)ccc2N1. The summed E-state index contributed by atoms with van der Waals surface area (Å²) < 4.78 is 0. The van der Waals surface area contributed by atoms with Gasteiger partial charge in [-0.1, -0.05) is 0 Å². The number of carbonyl (C=O) groups is 1. The van der Waals surface area contributed by atoms with Crippen molar-refractivity contribution >= 4 is 11.5 Å². The van der Waals surface area contributed by atoms with Crippen LogP contribution in [0.4, 0.5) is 5.69 Å². The number of carbonyl (C=O) groups excluding carboxylic acids is 1. The number of Topliss-reactive ketones (excluding diaryl/α,β-unsaturated/α-hetero) is 1. The maximum atomic E-state index is 11.1. The Kier molecular flexibility index (Phi) is 1.72. The van der Waals surface area contributed by atoms with E-state index in [4.69, 9.17) is 0 Å². The largest absolute Gasteiger partial charge is 0.508 e. The highest BCUT2D eigenvalue weighted by molar-refractivity contribution is 5.87. The average molecular weight is 177 g/mol. The summed E-state index contributed by atoms with van der Waals surface area (Å²) in [6.45, 7) is 1.57. The molecule has 1 aliphatic rings. The molecule has 1 aromatic rings. The van der Waals surface area contributed by atoms with E-state index in [9.17, 15) is 9.90 Å². The highest BCUT2D eigenvalue weighted by atomic mass is 16.3. The number of ketones is 1. The molecule has 0 fully saturated rings. The summed E-state index contributed by atoms with van der Waals surface area (Å²) in [5.41, 5.74) is 1.97. The van der Waals surface area contributed by atoms with Gasteiger partial charge in [-0.2, -0.15) is 0 Å². The molecule has 2 N–H and O–H groups in total. The molecule has 0 saturated heterocycles. The number of hydrogen-bond donors (Lipinski definition) is 2. The molecule has 13 heavy (non-hydrogen) atoms. The zero-order valence-corrected chi connectivity index (χ0v) is 7.37. The number of benzene rings is 1. The second kappa shape index (κ2) is 2.76. The van der Waals surface area contributed by atoms with Crippen molar-refractivity contribution < 1.29 is 9.90 Å². The molecule has 0 amide bonds. The van der Waals surface area contributed by atoms with Crippen molar-refractivity contribution in [1.82, 2.24) is 0 Å². The van der Waals surface area contributed by atoms with Crippen molar-refractivity contribution in [2.45, 2.75) is 19.4 Å². The molecule has 2 rings (SSSR count). The molecular formula is C10H11NO2. The van der Waals surface area contributed by atoms with Crippen LogP contribution in [-0.2, 0) is 11.2 Å². The van der Waals surface area contributed by atoms with E-state index in [2.05, 4.69) is 5.32 Å². The van der Waals surface area contributed by atoms with Crippen LogP contribution in [0.2, 0.25) is 0 Å². The van der Waals surface area contributed by atoms with E-state index in [0.717, 1.165) is 11.3 Å². The highest BCUT2D eigenvalue weighted by Gasteiger charge is 2.23. The van der Waals surface area contributed by atoms with Gasteiger partial charge in [0.1, 0.15) is 5.75 Å². The van der Waals surface area contributed by atoms with Crippen molar-refractivity contribution in [2.75, 3.05) is 5.32 Å². The van der Waals surface area contributed by atoms with Gasteiger partial charge < -0.3 is 10.4 Å². The molecule has 0 aliphatic carbocycles. The second-order valence-electron chi connectivity index (χ2n) is 3.35. The molecule has 0 radical (unpaired) electrons. The van der Waals surface area contributed by atoms with E-state index < -0.39 is 0 Å². The van der Waals surface area contributed by atoms with Gasteiger partial charge >= 0.3 is 0 Å². The van der Waals surface area contributed by atoms with E-state index in [1.54, 1.807) is 25.1 Å². The topological polar surface area (TPSA) is 49.3 Å². The van der Waals surface area contributed by atoms with Crippen molar-refractivity contribution in [3.63, 3.8) is 0 Å². The van der Waals surface area contributed by atoms with Crippen LogP contribution in [-0.4, -0.2) is 16.9 Å². The quantitative estimate of drug-likeness (QED) is 0.636. The summed E-state index contributed by atoms with van der Waals surface area (Å²) >= 11 is 0. The van der Waals surface area contributed by atoms with Gasteiger partial charge in [0.2, 0.25) is 0 Å². The monoisotopic (exact) mass is 177 g/mol. The minimum atomic E-state index is -0.114. The lowest BCUT2D eigenvalue weighted by Crippen LogP contribution is -2.23. The molecule has 1 atom stereocenters. The fraction of sp³-hybridized carbons (Fsp3) is 0.300. The number of nitrogens with one attached hydrogen (secondary N) is 1. The highest BCUT2D eigenvalue weighted by Crippen LogP contribution is 2.28. The molecule has 3 heteroatoms. The molecule has 1 aromatic carbocycles. The number of phenolic OH excluding ortho intramolecular Hbond substituents is 1. The van der Waals surface area contributed by atoms with Crippen molar-refractivity contribution in [3.8, 4) is 5.75 Å². The smallest absolute Gasteiger partial charge is 0.152 e. The Balaban J connectivity index is 2.30. The molecule has 1 heterocycles. The summed E-state index contributed by atoms with van der Waals surface area (Å²) in [6, 6.07) is 5.00. The molecule has 0 bridgehead atoms. The molecule has 68 valence electrons. The summed E-state index contributed by atoms with van der Waals surface area (Å²) in [7, 11) is 0. The first-order chi connectivity index (χ1) is 6.16. The third kappa shape index (κ3) is 1.37. The zero-order valence-electron chi connectivity index (χ0n) is 7.37. The third-order valence-corrected chi connectivity index (χ3v) is 2.33. The fourth-order valence-electron chi connectivity index (χ4n) is 1.59. The second-order valence-corrected chi connectivity index (χ2v) is 3.35. The van der Waals surface area contributed by atoms with Gasteiger partial charge in [0.25, 0.3) is 0 Å². The van der Waals surface area contributed by atoms with Crippen molar-refractivity contribution in [1.29, 1.82) is 0 Å². The molecule has 0 aromatic heterocycles. The Morgan fingerprint density at radius 2 is 2.38 bits per heavy atom. The predicted octanol–water partition coefficient (Wildman–Crippen LogP) is 1.32. The van der Waals surface area contributed by atoms with Gasteiger partial charge in [-0.3, -0.25) is 4.79 Å². The molecule has 3 nitrogen and oxygen atoms in total. The summed E-state index contributed by atoms with van der Waals surface area (Å²) in [5, 5.41) is 12.3. The number of phenols is 1. The Morgan fingerprint density at radius 1 is 1.62 bits per heavy atom. The van der Waals surface area contributed by atoms with Gasteiger partial charge in [-0.15, -0.1) is 0 Å². The maximum Gasteiger partial charge on any atom is 0.152 e. The van der Waals surface area contributed by atoms with Gasteiger partial charge in [-0.25, -0.2) is 0 Å². The van der Waals surface area contributed by atoms with Crippen LogP contribution in [0.15, 0.2) is 18.2 Å². The van der Waals surface area contributed by atoms with Crippen LogP contribution in [0.3, 0.4) is 0 Å². The number of aromatic hydroxyl groups is 1. The lowest BCUT2D eigenvalue weighted by atomic mass is 10.1. The van der Waals surface area contributed by atoms with Gasteiger partial charge in [0, 0.05) is 12.1 Å². The van der Waals surface area contributed by atoms with Crippen LogP contribution in [0.5, 0.6) is 5.75 Å². The predicted molar refractivity (Wildman–Crippen MR) is 49.9 cm³/mol. The average Bonchev–Trinajstić information content (AvgIpc) is 2.46. The Morgan fingerprint density at radius 3 is 3.08 bits per heavy atom. The molecular weight excluding hydrogens is 166 g/mol. The van der Waals surface area contributed by atoms with Gasteiger partial charge in [-0.05, 0) is 30.7 Å². The van der Waals surface area contributed by atoms with Crippen LogP contribution < -0.4 is 5.32 Å². The van der Waals surface area contributed by atoms with E-state index in [1.165, 1.54) is 0 Å². The van der Waals surface area contributed by atoms with Crippen LogP contribution >= 0.6 is 0 Å². The van der Waals surface area contributed by atoms with E-state index in [0.29, 0.717) is 6.42 Å². The number of rotatable bonds is 1. The lowest BCUT2D eigenvalue weighted by molar-refractivity contribution is -0.117. The van der Waals surface area contributed by atoms with Crippen LogP contribution in [0.25, 0.3) is 0 Å². The Hall–Kier alpha value is -1.51. The number of hydrogen-bond acceptors (Lipinski definition) is 3. The Bertz CT molecular complexity index is 360. The first kappa shape index (κ1) is 8.10. The van der Waals surface area contributed by atoms with Crippen molar-refractivity contribution in [2.24, 2.45) is 0 Å². The normalized spacial score (nSPS) is 19.3. The molecule has 0 spiro atoms. The summed E-state index contributed by atoms with van der Waals surface area (Å²) in [4.78, 5) is 11.1. The summed E-state index contributed by atoms with van der Waals surface area (Å²) in [6.07, 6.45) is 0.680. The third-order valence-electron chi connectivity index (χ3n) is 2.33. The first-order valence-corrected chi connectivity index (χ1v) is 4.25. The fourth-order valence-corrected chi connectivity index (χ4v) is 1.59.